The lowest BCUT2D eigenvalue weighted by atomic mass is 10.2. The van der Waals surface area contributed by atoms with E-state index >= 15 is 0 Å². The van der Waals surface area contributed by atoms with Crippen LogP contribution < -0.4 is 11.1 Å². The van der Waals surface area contributed by atoms with Crippen molar-refractivity contribution in [2.24, 2.45) is 5.73 Å². The molecule has 0 saturated heterocycles. The van der Waals surface area contributed by atoms with Crippen molar-refractivity contribution in [3.63, 3.8) is 0 Å². The Hall–Kier alpha value is -1.00. The van der Waals surface area contributed by atoms with Crippen molar-refractivity contribution in [2.75, 3.05) is 12.8 Å². The number of nitrogens with one attached hydrogen (secondary N) is 1. The van der Waals surface area contributed by atoms with Gasteiger partial charge in [-0.15, -0.1) is 11.8 Å². The Bertz CT molecular complexity index is 297. The van der Waals surface area contributed by atoms with Gasteiger partial charge in [-0.2, -0.15) is 0 Å². The summed E-state index contributed by atoms with van der Waals surface area (Å²) < 4.78 is 0. The van der Waals surface area contributed by atoms with Crippen LogP contribution in [0.3, 0.4) is 0 Å². The van der Waals surface area contributed by atoms with Gasteiger partial charge in [0.25, 0.3) is 0 Å². The highest BCUT2D eigenvalue weighted by Gasteiger charge is 1.97. The summed E-state index contributed by atoms with van der Waals surface area (Å²) in [6.07, 6.45) is 2.03. The summed E-state index contributed by atoms with van der Waals surface area (Å²) in [5, 5.41) is 2.72. The molecule has 0 aliphatic heterocycles. The standard InChI is InChI=1S/C10H14N2OS/c1-14-9-4-2-8(3-5-9)7-12-10(13)6-11/h2-5H,6-7,11H2,1H3,(H,12,13). The first-order valence-electron chi connectivity index (χ1n) is 4.36. The predicted octanol–water partition coefficient (Wildman–Crippen LogP) is 0.983. The molecule has 0 atom stereocenters. The van der Waals surface area contributed by atoms with Gasteiger partial charge in [-0.25, -0.2) is 0 Å². The van der Waals surface area contributed by atoms with Gasteiger partial charge >= 0.3 is 0 Å². The number of thioether (sulfide) groups is 1. The van der Waals surface area contributed by atoms with Crippen molar-refractivity contribution in [3.8, 4) is 0 Å². The van der Waals surface area contributed by atoms with E-state index in [0.717, 1.165) is 5.56 Å². The molecule has 1 aromatic carbocycles. The highest BCUT2D eigenvalue weighted by molar-refractivity contribution is 7.98. The van der Waals surface area contributed by atoms with Crippen LogP contribution >= 0.6 is 11.8 Å². The van der Waals surface area contributed by atoms with Crippen LogP contribution in [0.4, 0.5) is 0 Å². The molecule has 0 aromatic heterocycles. The normalized spacial score (nSPS) is 9.86. The Kier molecular flexibility index (Phi) is 4.49. The maximum absolute atomic E-state index is 10.9. The van der Waals surface area contributed by atoms with E-state index in [0.29, 0.717) is 6.54 Å². The molecule has 0 heterocycles. The number of hydrogen-bond donors (Lipinski definition) is 2. The molecular weight excluding hydrogens is 196 g/mol. The SMILES string of the molecule is CSc1ccc(CNC(=O)CN)cc1. The summed E-state index contributed by atoms with van der Waals surface area (Å²) in [7, 11) is 0. The Morgan fingerprint density at radius 1 is 1.43 bits per heavy atom. The van der Waals surface area contributed by atoms with Crippen LogP contribution in [-0.2, 0) is 11.3 Å². The molecule has 1 rings (SSSR count). The van der Waals surface area contributed by atoms with E-state index in [1.807, 2.05) is 30.5 Å². The molecule has 76 valence electrons. The minimum atomic E-state index is -0.126. The van der Waals surface area contributed by atoms with Crippen molar-refractivity contribution < 1.29 is 4.79 Å². The topological polar surface area (TPSA) is 55.1 Å². The fourth-order valence-electron chi connectivity index (χ4n) is 1.02. The Balaban J connectivity index is 2.47. The van der Waals surface area contributed by atoms with E-state index in [9.17, 15) is 4.79 Å². The van der Waals surface area contributed by atoms with Gasteiger partial charge < -0.3 is 11.1 Å². The number of carbonyl (C=O) groups is 1. The maximum atomic E-state index is 10.9. The maximum Gasteiger partial charge on any atom is 0.234 e. The minimum Gasteiger partial charge on any atom is -0.351 e. The van der Waals surface area contributed by atoms with E-state index in [1.165, 1.54) is 4.90 Å². The fourth-order valence-corrected chi connectivity index (χ4v) is 1.42. The number of nitrogens with two attached hydrogens (primary N) is 1. The molecule has 0 fully saturated rings. The number of benzene rings is 1. The first-order chi connectivity index (χ1) is 6.76. The summed E-state index contributed by atoms with van der Waals surface area (Å²) in [6, 6.07) is 8.08. The van der Waals surface area contributed by atoms with Crippen molar-refractivity contribution in [3.05, 3.63) is 29.8 Å². The average Bonchev–Trinajstić information content (AvgIpc) is 2.26. The van der Waals surface area contributed by atoms with Gasteiger partial charge in [-0.05, 0) is 24.0 Å². The molecule has 3 nitrogen and oxygen atoms in total. The fraction of sp³-hybridized carbons (Fsp3) is 0.300. The monoisotopic (exact) mass is 210 g/mol. The molecule has 0 unspecified atom stereocenters. The van der Waals surface area contributed by atoms with Crippen LogP contribution in [0.5, 0.6) is 0 Å². The highest BCUT2D eigenvalue weighted by atomic mass is 32.2. The van der Waals surface area contributed by atoms with Gasteiger partial charge in [-0.3, -0.25) is 4.79 Å². The van der Waals surface area contributed by atoms with Crippen LogP contribution in [-0.4, -0.2) is 18.7 Å². The zero-order valence-corrected chi connectivity index (χ0v) is 8.93. The molecule has 0 saturated carbocycles. The molecule has 1 amide bonds. The van der Waals surface area contributed by atoms with Gasteiger partial charge in [0, 0.05) is 11.4 Å². The Morgan fingerprint density at radius 2 is 2.07 bits per heavy atom. The molecule has 14 heavy (non-hydrogen) atoms. The van der Waals surface area contributed by atoms with Gasteiger partial charge in [0.1, 0.15) is 0 Å². The van der Waals surface area contributed by atoms with E-state index < -0.39 is 0 Å². The molecule has 1 aromatic rings. The molecule has 0 radical (unpaired) electrons. The number of carbonyl (C=O) groups excluding carboxylic acids is 1. The van der Waals surface area contributed by atoms with E-state index in [1.54, 1.807) is 11.8 Å². The number of hydrogen-bond acceptors (Lipinski definition) is 3. The largest absolute Gasteiger partial charge is 0.351 e. The third-order valence-corrected chi connectivity index (χ3v) is 2.58. The van der Waals surface area contributed by atoms with Crippen LogP contribution in [0, 0.1) is 0 Å². The smallest absolute Gasteiger partial charge is 0.234 e. The van der Waals surface area contributed by atoms with Gasteiger partial charge in [0.15, 0.2) is 0 Å². The van der Waals surface area contributed by atoms with Crippen molar-refractivity contribution in [1.82, 2.24) is 5.32 Å². The third kappa shape index (κ3) is 3.40. The second-order valence-electron chi connectivity index (χ2n) is 2.83. The van der Waals surface area contributed by atoms with Crippen molar-refractivity contribution >= 4 is 17.7 Å². The summed E-state index contributed by atoms with van der Waals surface area (Å²) in [6.45, 7) is 0.591. The quantitative estimate of drug-likeness (QED) is 0.728. The first-order valence-corrected chi connectivity index (χ1v) is 5.58. The predicted molar refractivity (Wildman–Crippen MR) is 59.1 cm³/mol. The van der Waals surface area contributed by atoms with Gasteiger partial charge in [-0.1, -0.05) is 12.1 Å². The molecule has 0 aliphatic rings. The van der Waals surface area contributed by atoms with Crippen LogP contribution in [0.25, 0.3) is 0 Å². The van der Waals surface area contributed by atoms with E-state index in [4.69, 9.17) is 5.73 Å². The zero-order chi connectivity index (χ0) is 10.4. The Morgan fingerprint density at radius 3 is 2.57 bits per heavy atom. The molecule has 4 heteroatoms. The number of rotatable bonds is 4. The lowest BCUT2D eigenvalue weighted by molar-refractivity contribution is -0.119. The van der Waals surface area contributed by atoms with Crippen LogP contribution in [0.1, 0.15) is 5.56 Å². The summed E-state index contributed by atoms with van der Waals surface area (Å²) >= 11 is 1.70. The van der Waals surface area contributed by atoms with Gasteiger partial charge in [0.05, 0.1) is 6.54 Å². The lowest BCUT2D eigenvalue weighted by Gasteiger charge is -2.04. The lowest BCUT2D eigenvalue weighted by Crippen LogP contribution is -2.29. The Labute approximate surface area is 88.1 Å². The third-order valence-electron chi connectivity index (χ3n) is 1.83. The minimum absolute atomic E-state index is 0.0445. The summed E-state index contributed by atoms with van der Waals surface area (Å²) in [5.74, 6) is -0.126. The molecule has 0 aliphatic carbocycles. The summed E-state index contributed by atoms with van der Waals surface area (Å²) in [5.41, 5.74) is 6.25. The van der Waals surface area contributed by atoms with E-state index in [-0.39, 0.29) is 12.5 Å². The van der Waals surface area contributed by atoms with Crippen LogP contribution in [0.15, 0.2) is 29.2 Å². The second-order valence-corrected chi connectivity index (χ2v) is 3.71. The van der Waals surface area contributed by atoms with Gasteiger partial charge in [0.2, 0.25) is 5.91 Å². The molecule has 0 spiro atoms. The average molecular weight is 210 g/mol. The van der Waals surface area contributed by atoms with E-state index in [2.05, 4.69) is 5.32 Å². The van der Waals surface area contributed by atoms with Crippen molar-refractivity contribution in [2.45, 2.75) is 11.4 Å². The molecular formula is C10H14N2OS. The zero-order valence-electron chi connectivity index (χ0n) is 8.12. The van der Waals surface area contributed by atoms with Crippen LogP contribution in [0.2, 0.25) is 0 Å². The molecule has 3 N–H and O–H groups in total. The number of amides is 1. The summed E-state index contributed by atoms with van der Waals surface area (Å²) in [4.78, 5) is 12.1. The first kappa shape index (κ1) is 11.1. The highest BCUT2D eigenvalue weighted by Crippen LogP contribution is 2.14. The van der Waals surface area contributed by atoms with Crippen molar-refractivity contribution in [1.29, 1.82) is 0 Å². The second kappa shape index (κ2) is 5.67. The molecule has 0 bridgehead atoms.